The van der Waals surface area contributed by atoms with E-state index in [1.807, 2.05) is 47.9 Å². The first-order valence-corrected chi connectivity index (χ1v) is 13.5. The Kier molecular flexibility index (Phi) is 8.63. The van der Waals surface area contributed by atoms with Crippen LogP contribution in [0.15, 0.2) is 83.1 Å². The van der Waals surface area contributed by atoms with Gasteiger partial charge in [-0.2, -0.15) is 5.10 Å². The van der Waals surface area contributed by atoms with Crippen molar-refractivity contribution in [2.45, 2.75) is 45.2 Å². The van der Waals surface area contributed by atoms with Gasteiger partial charge in [-0.25, -0.2) is 5.43 Å². The van der Waals surface area contributed by atoms with Crippen LogP contribution in [-0.2, 0) is 10.2 Å². The van der Waals surface area contributed by atoms with Gasteiger partial charge in [0.15, 0.2) is 11.0 Å². The molecule has 1 N–H and O–H groups in total. The molecule has 0 saturated heterocycles. The van der Waals surface area contributed by atoms with Gasteiger partial charge in [0.2, 0.25) is 0 Å². The van der Waals surface area contributed by atoms with Gasteiger partial charge in [-0.1, -0.05) is 86.6 Å². The molecule has 0 unspecified atom stereocenters. The Hall–Kier alpha value is -3.91. The van der Waals surface area contributed by atoms with E-state index in [0.717, 1.165) is 34.0 Å². The van der Waals surface area contributed by atoms with Gasteiger partial charge in [0.25, 0.3) is 5.91 Å². The molecule has 0 aliphatic rings. The molecule has 1 amide bonds. The zero-order valence-corrected chi connectivity index (χ0v) is 23.2. The second-order valence-corrected chi connectivity index (χ2v) is 10.8. The highest BCUT2D eigenvalue weighted by molar-refractivity contribution is 7.99. The minimum Gasteiger partial charge on any atom is -0.493 e. The number of para-hydroxylation sites is 1. The topological polar surface area (TPSA) is 81.4 Å². The summed E-state index contributed by atoms with van der Waals surface area (Å²) in [5.74, 6) is 1.34. The molecule has 38 heavy (non-hydrogen) atoms. The highest BCUT2D eigenvalue weighted by Gasteiger charge is 2.19. The maximum Gasteiger partial charge on any atom is 0.250 e. The second kappa shape index (κ2) is 12.1. The van der Waals surface area contributed by atoms with Crippen LogP contribution < -0.4 is 10.2 Å². The predicted molar refractivity (Wildman–Crippen MR) is 154 cm³/mol. The third kappa shape index (κ3) is 6.69. The Morgan fingerprint density at radius 2 is 1.74 bits per heavy atom. The van der Waals surface area contributed by atoms with Crippen LogP contribution in [0.2, 0.25) is 0 Å². The first-order chi connectivity index (χ1) is 18.3. The van der Waals surface area contributed by atoms with Crippen LogP contribution in [0.5, 0.6) is 5.75 Å². The fourth-order valence-corrected chi connectivity index (χ4v) is 4.55. The molecule has 0 aliphatic carbocycles. The highest BCUT2D eigenvalue weighted by Crippen LogP contribution is 2.30. The molecule has 0 saturated carbocycles. The minimum absolute atomic E-state index is 0.0606. The van der Waals surface area contributed by atoms with Crippen LogP contribution >= 0.6 is 11.8 Å². The van der Waals surface area contributed by atoms with Gasteiger partial charge in [0.1, 0.15) is 5.75 Å². The summed E-state index contributed by atoms with van der Waals surface area (Å²) in [7, 11) is 0. The van der Waals surface area contributed by atoms with E-state index in [4.69, 9.17) is 4.74 Å². The van der Waals surface area contributed by atoms with E-state index in [0.29, 0.717) is 11.8 Å². The summed E-state index contributed by atoms with van der Waals surface area (Å²) in [4.78, 5) is 12.6. The van der Waals surface area contributed by atoms with Crippen molar-refractivity contribution in [3.05, 3.63) is 89.5 Å². The van der Waals surface area contributed by atoms with Gasteiger partial charge in [-0.05, 0) is 49.1 Å². The molecule has 8 heteroatoms. The van der Waals surface area contributed by atoms with E-state index >= 15 is 0 Å². The van der Waals surface area contributed by atoms with Crippen LogP contribution in [0.1, 0.15) is 44.4 Å². The van der Waals surface area contributed by atoms with Crippen molar-refractivity contribution in [3.63, 3.8) is 0 Å². The van der Waals surface area contributed by atoms with Gasteiger partial charge in [-0.3, -0.25) is 9.36 Å². The van der Waals surface area contributed by atoms with Crippen LogP contribution in [0.25, 0.3) is 17.1 Å². The fraction of sp³-hybridized carbons (Fsp3) is 0.267. The smallest absolute Gasteiger partial charge is 0.250 e. The summed E-state index contributed by atoms with van der Waals surface area (Å²) < 4.78 is 7.59. The Balaban J connectivity index is 1.52. The van der Waals surface area contributed by atoms with Gasteiger partial charge in [-0.15, -0.1) is 10.2 Å². The summed E-state index contributed by atoms with van der Waals surface area (Å²) in [6, 6.07) is 24.1. The summed E-state index contributed by atoms with van der Waals surface area (Å²) in [6.07, 6.45) is 1.59. The molecular weight excluding hydrogens is 494 g/mol. The summed E-state index contributed by atoms with van der Waals surface area (Å²) >= 11 is 1.31. The summed E-state index contributed by atoms with van der Waals surface area (Å²) in [6.45, 7) is 11.1. The predicted octanol–water partition coefficient (Wildman–Crippen LogP) is 6.18. The first kappa shape index (κ1) is 27.1. The maximum atomic E-state index is 12.6. The van der Waals surface area contributed by atoms with Gasteiger partial charge >= 0.3 is 0 Å². The van der Waals surface area contributed by atoms with Crippen molar-refractivity contribution in [1.29, 1.82) is 0 Å². The second-order valence-electron chi connectivity index (χ2n) is 9.86. The number of aryl methyl sites for hydroxylation is 1. The number of rotatable bonds is 9. The Morgan fingerprint density at radius 3 is 2.42 bits per heavy atom. The molecule has 1 heterocycles. The number of benzene rings is 3. The van der Waals surface area contributed by atoms with E-state index < -0.39 is 0 Å². The average Bonchev–Trinajstić information content (AvgIpc) is 3.32. The monoisotopic (exact) mass is 527 g/mol. The Bertz CT molecular complexity index is 1400. The lowest BCUT2D eigenvalue weighted by atomic mass is 9.87. The molecular formula is C30H33N5O2S. The van der Waals surface area contributed by atoms with Crippen molar-refractivity contribution in [2.75, 3.05) is 12.4 Å². The highest BCUT2D eigenvalue weighted by atomic mass is 32.2. The van der Waals surface area contributed by atoms with Crippen molar-refractivity contribution < 1.29 is 9.53 Å². The molecule has 4 rings (SSSR count). The summed E-state index contributed by atoms with van der Waals surface area (Å²) in [5.41, 5.74) is 7.75. The molecule has 0 fully saturated rings. The number of carbonyl (C=O) groups excluding carboxylic acids is 1. The van der Waals surface area contributed by atoms with Gasteiger partial charge < -0.3 is 4.74 Å². The number of amides is 1. The number of ether oxygens (including phenoxy) is 1. The molecule has 0 radical (unpaired) electrons. The number of thioether (sulfide) groups is 1. The molecule has 3 aromatic carbocycles. The van der Waals surface area contributed by atoms with E-state index in [1.54, 1.807) is 6.21 Å². The number of hydrazone groups is 1. The number of aromatic nitrogens is 3. The van der Waals surface area contributed by atoms with Crippen LogP contribution in [0, 0.1) is 6.92 Å². The minimum atomic E-state index is -0.241. The number of nitrogens with zero attached hydrogens (tertiary/aromatic N) is 4. The molecule has 4 aromatic rings. The first-order valence-electron chi connectivity index (χ1n) is 12.6. The zero-order valence-electron chi connectivity index (χ0n) is 22.4. The largest absolute Gasteiger partial charge is 0.493 e. The zero-order chi connectivity index (χ0) is 27.1. The molecule has 0 bridgehead atoms. The lowest BCUT2D eigenvalue weighted by Gasteiger charge is -2.19. The number of hydrogen-bond donors (Lipinski definition) is 1. The lowest BCUT2D eigenvalue weighted by molar-refractivity contribution is -0.118. The Labute approximate surface area is 228 Å². The molecule has 0 aliphatic heterocycles. The number of nitrogens with one attached hydrogen (secondary N) is 1. The van der Waals surface area contributed by atoms with Crippen molar-refractivity contribution in [2.24, 2.45) is 5.10 Å². The molecule has 0 spiro atoms. The molecule has 7 nitrogen and oxygen atoms in total. The fourth-order valence-electron chi connectivity index (χ4n) is 3.81. The normalized spacial score (nSPS) is 11.6. The quantitative estimate of drug-likeness (QED) is 0.160. The van der Waals surface area contributed by atoms with Crippen LogP contribution in [-0.4, -0.2) is 39.2 Å². The van der Waals surface area contributed by atoms with E-state index in [1.165, 1.54) is 17.3 Å². The van der Waals surface area contributed by atoms with Crippen molar-refractivity contribution in [1.82, 2.24) is 20.2 Å². The van der Waals surface area contributed by atoms with Gasteiger partial charge in [0.05, 0.1) is 18.6 Å². The SMILES string of the molecule is CCOc1ccccc1/C=N\NC(=O)CSc1nnc(-c2ccc(C(C)(C)C)cc2)n1-c1ccc(C)cc1. The lowest BCUT2D eigenvalue weighted by Crippen LogP contribution is -2.20. The van der Waals surface area contributed by atoms with Gasteiger partial charge in [0, 0.05) is 16.8 Å². The van der Waals surface area contributed by atoms with E-state index in [-0.39, 0.29) is 17.1 Å². The molecule has 1 aromatic heterocycles. The standard InChI is InChI=1S/C30H33N5O2S/c1-6-37-26-10-8-7-9-23(26)19-31-32-27(36)20-38-29-34-33-28(35(29)25-17-11-21(2)12-18-25)22-13-15-24(16-14-22)30(3,4)5/h7-19H,6,20H2,1-5H3,(H,32,36)/b31-19-. The van der Waals surface area contributed by atoms with Crippen LogP contribution in [0.3, 0.4) is 0 Å². The average molecular weight is 528 g/mol. The van der Waals surface area contributed by atoms with E-state index in [2.05, 4.69) is 84.8 Å². The third-order valence-electron chi connectivity index (χ3n) is 5.88. The Morgan fingerprint density at radius 1 is 1.03 bits per heavy atom. The maximum absolute atomic E-state index is 12.6. The molecule has 196 valence electrons. The third-order valence-corrected chi connectivity index (χ3v) is 6.81. The van der Waals surface area contributed by atoms with Crippen LogP contribution in [0.4, 0.5) is 0 Å². The number of hydrogen-bond acceptors (Lipinski definition) is 6. The van der Waals surface area contributed by atoms with Crippen molar-refractivity contribution >= 4 is 23.9 Å². The molecule has 0 atom stereocenters. The van der Waals surface area contributed by atoms with E-state index in [9.17, 15) is 4.79 Å². The van der Waals surface area contributed by atoms with Crippen molar-refractivity contribution in [3.8, 4) is 22.8 Å². The number of carbonyl (C=O) groups is 1. The summed E-state index contributed by atoms with van der Waals surface area (Å²) in [5, 5.41) is 13.7.